The number of para-hydroxylation sites is 1. The Morgan fingerprint density at radius 2 is 2.00 bits per heavy atom. The van der Waals surface area contributed by atoms with E-state index in [2.05, 4.69) is 12.2 Å². The van der Waals surface area contributed by atoms with Crippen molar-refractivity contribution in [3.63, 3.8) is 0 Å². The second-order valence-electron chi connectivity index (χ2n) is 5.03. The Morgan fingerprint density at radius 1 is 1.30 bits per heavy atom. The Hall–Kier alpha value is -1.55. The van der Waals surface area contributed by atoms with Crippen LogP contribution in [0, 0.1) is 6.92 Å². The van der Waals surface area contributed by atoms with Gasteiger partial charge in [0, 0.05) is 0 Å². The van der Waals surface area contributed by atoms with Crippen molar-refractivity contribution >= 4 is 5.97 Å². The van der Waals surface area contributed by atoms with Crippen molar-refractivity contribution in [2.45, 2.75) is 39.7 Å². The molecule has 1 atom stereocenters. The lowest BCUT2D eigenvalue weighted by atomic mass is 10.0. The molecular formula is C16H25NO3. The molecular weight excluding hydrogens is 254 g/mol. The van der Waals surface area contributed by atoms with Gasteiger partial charge in [0.25, 0.3) is 0 Å². The zero-order valence-corrected chi connectivity index (χ0v) is 12.9. The molecule has 0 aliphatic heterocycles. The van der Waals surface area contributed by atoms with Gasteiger partial charge in [-0.15, -0.1) is 0 Å². The lowest BCUT2D eigenvalue weighted by molar-refractivity contribution is -0.151. The van der Waals surface area contributed by atoms with E-state index in [0.29, 0.717) is 6.61 Å². The summed E-state index contributed by atoms with van der Waals surface area (Å²) in [5.41, 5.74) is 0.225. The molecule has 0 amide bonds. The predicted molar refractivity (Wildman–Crippen MR) is 80.0 cm³/mol. The predicted octanol–water partition coefficient (Wildman–Crippen LogP) is 2.70. The number of benzene rings is 1. The Balaban J connectivity index is 2.74. The maximum atomic E-state index is 12.1. The fourth-order valence-corrected chi connectivity index (χ4v) is 1.81. The van der Waals surface area contributed by atoms with Crippen LogP contribution in [0.3, 0.4) is 0 Å². The summed E-state index contributed by atoms with van der Waals surface area (Å²) in [4.78, 5) is 12.1. The molecule has 1 unspecified atom stereocenters. The van der Waals surface area contributed by atoms with Gasteiger partial charge < -0.3 is 9.47 Å². The number of aryl methyl sites for hydroxylation is 1. The van der Waals surface area contributed by atoms with Crippen LogP contribution in [0.25, 0.3) is 0 Å². The number of ether oxygens (including phenoxy) is 2. The molecule has 1 N–H and O–H groups in total. The topological polar surface area (TPSA) is 47.6 Å². The molecule has 1 rings (SSSR count). The van der Waals surface area contributed by atoms with Crippen molar-refractivity contribution < 1.29 is 14.3 Å². The van der Waals surface area contributed by atoms with Gasteiger partial charge in [-0.25, -0.2) is 4.79 Å². The van der Waals surface area contributed by atoms with Crippen molar-refractivity contribution in [2.24, 2.45) is 0 Å². The summed E-state index contributed by atoms with van der Waals surface area (Å²) in [6, 6.07) is 7.77. The molecule has 4 nitrogen and oxygen atoms in total. The van der Waals surface area contributed by atoms with Crippen molar-refractivity contribution in [1.29, 1.82) is 0 Å². The van der Waals surface area contributed by atoms with Gasteiger partial charge in [0.05, 0.1) is 6.61 Å². The Morgan fingerprint density at radius 3 is 2.60 bits per heavy atom. The maximum absolute atomic E-state index is 12.1. The molecule has 1 aromatic rings. The van der Waals surface area contributed by atoms with Gasteiger partial charge in [-0.3, -0.25) is 5.32 Å². The molecule has 0 fully saturated rings. The number of carbonyl (C=O) groups is 1. The molecule has 0 bridgehead atoms. The molecule has 1 aromatic carbocycles. The minimum absolute atomic E-state index is 0.247. The summed E-state index contributed by atoms with van der Waals surface area (Å²) in [6.07, 6.45) is 0.944. The molecule has 0 aliphatic rings. The van der Waals surface area contributed by atoms with Gasteiger partial charge in [0.1, 0.15) is 17.9 Å². The van der Waals surface area contributed by atoms with Crippen molar-refractivity contribution in [1.82, 2.24) is 5.32 Å². The third-order valence-corrected chi connectivity index (χ3v) is 3.10. The van der Waals surface area contributed by atoms with Gasteiger partial charge in [-0.05, 0) is 45.4 Å². The van der Waals surface area contributed by atoms with Crippen LogP contribution in [0.4, 0.5) is 0 Å². The zero-order chi connectivity index (χ0) is 15.0. The number of hydrogen-bond acceptors (Lipinski definition) is 4. The number of esters is 1. The van der Waals surface area contributed by atoms with E-state index in [0.717, 1.165) is 24.3 Å². The van der Waals surface area contributed by atoms with Gasteiger partial charge in [-0.1, -0.05) is 25.1 Å². The third-order valence-electron chi connectivity index (χ3n) is 3.10. The van der Waals surface area contributed by atoms with Crippen LogP contribution in [0.5, 0.6) is 5.75 Å². The molecule has 0 spiro atoms. The normalized spacial score (nSPS) is 13.6. The Labute approximate surface area is 121 Å². The summed E-state index contributed by atoms with van der Waals surface area (Å²) in [6.45, 7) is 9.02. The highest BCUT2D eigenvalue weighted by atomic mass is 16.5. The average molecular weight is 279 g/mol. The van der Waals surface area contributed by atoms with Crippen LogP contribution in [-0.4, -0.2) is 31.3 Å². The number of nitrogens with one attached hydrogen (secondary N) is 1. The standard InChI is InChI=1S/C16H25NO3/c1-5-11-17-16(4,15(18)19-6-2)12-20-14-10-8-7-9-13(14)3/h7-10,17H,5-6,11-12H2,1-4H3. The number of rotatable bonds is 8. The molecule has 112 valence electrons. The van der Waals surface area contributed by atoms with Crippen LogP contribution < -0.4 is 10.1 Å². The van der Waals surface area contributed by atoms with Crippen LogP contribution in [0.1, 0.15) is 32.8 Å². The first-order valence-electron chi connectivity index (χ1n) is 7.14. The van der Waals surface area contributed by atoms with E-state index in [9.17, 15) is 4.79 Å². The quantitative estimate of drug-likeness (QED) is 0.743. The SMILES string of the molecule is CCCNC(C)(COc1ccccc1C)C(=O)OCC. The highest BCUT2D eigenvalue weighted by molar-refractivity contribution is 5.80. The monoisotopic (exact) mass is 279 g/mol. The molecule has 0 heterocycles. The van der Waals surface area contributed by atoms with Crippen molar-refractivity contribution in [2.75, 3.05) is 19.8 Å². The van der Waals surface area contributed by atoms with E-state index in [-0.39, 0.29) is 12.6 Å². The second kappa shape index (κ2) is 7.90. The summed E-state index contributed by atoms with van der Waals surface area (Å²) in [5.74, 6) is 0.517. The highest BCUT2D eigenvalue weighted by Crippen LogP contribution is 2.18. The third kappa shape index (κ3) is 4.53. The van der Waals surface area contributed by atoms with Gasteiger partial charge in [0.2, 0.25) is 0 Å². The average Bonchev–Trinajstić information content (AvgIpc) is 2.44. The zero-order valence-electron chi connectivity index (χ0n) is 12.9. The lowest BCUT2D eigenvalue weighted by Gasteiger charge is -2.28. The first-order chi connectivity index (χ1) is 9.53. The summed E-state index contributed by atoms with van der Waals surface area (Å²) in [5, 5.41) is 3.22. The van der Waals surface area contributed by atoms with Crippen molar-refractivity contribution in [3.8, 4) is 5.75 Å². The molecule has 4 heteroatoms. The molecule has 0 aliphatic carbocycles. The summed E-state index contributed by atoms with van der Waals surface area (Å²) >= 11 is 0. The molecule has 20 heavy (non-hydrogen) atoms. The van der Waals surface area contributed by atoms with Crippen LogP contribution in [-0.2, 0) is 9.53 Å². The van der Waals surface area contributed by atoms with E-state index >= 15 is 0 Å². The Bertz CT molecular complexity index is 433. The van der Waals surface area contributed by atoms with E-state index in [1.807, 2.05) is 38.1 Å². The van der Waals surface area contributed by atoms with Crippen LogP contribution >= 0.6 is 0 Å². The lowest BCUT2D eigenvalue weighted by Crippen LogP contribution is -2.55. The minimum Gasteiger partial charge on any atom is -0.491 e. The smallest absolute Gasteiger partial charge is 0.329 e. The fraction of sp³-hybridized carbons (Fsp3) is 0.562. The fourth-order valence-electron chi connectivity index (χ4n) is 1.81. The summed E-state index contributed by atoms with van der Waals surface area (Å²) in [7, 11) is 0. The largest absolute Gasteiger partial charge is 0.491 e. The van der Waals surface area contributed by atoms with E-state index < -0.39 is 5.54 Å². The van der Waals surface area contributed by atoms with Gasteiger partial charge >= 0.3 is 5.97 Å². The molecule has 0 saturated carbocycles. The summed E-state index contributed by atoms with van der Waals surface area (Å²) < 4.78 is 10.9. The van der Waals surface area contributed by atoms with Crippen LogP contribution in [0.15, 0.2) is 24.3 Å². The van der Waals surface area contributed by atoms with E-state index in [1.54, 1.807) is 6.92 Å². The van der Waals surface area contributed by atoms with Gasteiger partial charge in [0.15, 0.2) is 0 Å². The number of carbonyl (C=O) groups excluding carboxylic acids is 1. The Kier molecular flexibility index (Phi) is 6.52. The van der Waals surface area contributed by atoms with E-state index in [4.69, 9.17) is 9.47 Å². The van der Waals surface area contributed by atoms with Gasteiger partial charge in [-0.2, -0.15) is 0 Å². The first kappa shape index (κ1) is 16.5. The molecule has 0 radical (unpaired) electrons. The molecule has 0 aromatic heterocycles. The minimum atomic E-state index is -0.825. The maximum Gasteiger partial charge on any atom is 0.329 e. The van der Waals surface area contributed by atoms with E-state index in [1.165, 1.54) is 0 Å². The second-order valence-corrected chi connectivity index (χ2v) is 5.03. The number of hydrogen-bond donors (Lipinski definition) is 1. The highest BCUT2D eigenvalue weighted by Gasteiger charge is 2.35. The van der Waals surface area contributed by atoms with Crippen molar-refractivity contribution in [3.05, 3.63) is 29.8 Å². The first-order valence-corrected chi connectivity index (χ1v) is 7.14. The van der Waals surface area contributed by atoms with Crippen LogP contribution in [0.2, 0.25) is 0 Å². The molecule has 0 saturated heterocycles.